The number of fused-ring (bicyclic) bond motifs is 1. The van der Waals surface area contributed by atoms with Crippen molar-refractivity contribution in [1.82, 2.24) is 4.98 Å². The molecule has 0 atom stereocenters. The van der Waals surface area contributed by atoms with Gasteiger partial charge in [0.25, 0.3) is 0 Å². The van der Waals surface area contributed by atoms with Gasteiger partial charge in [0.05, 0.1) is 17.3 Å². The Balaban J connectivity index is 1.85. The smallest absolute Gasteiger partial charge is 0.121 e. The molecule has 0 bridgehead atoms. The molecule has 2 heterocycles. The van der Waals surface area contributed by atoms with E-state index in [0.717, 1.165) is 22.3 Å². The lowest BCUT2D eigenvalue weighted by Crippen LogP contribution is -2.09. The molecule has 1 aliphatic rings. The fourth-order valence-electron chi connectivity index (χ4n) is 2.07. The molecule has 0 amide bonds. The van der Waals surface area contributed by atoms with Gasteiger partial charge >= 0.3 is 0 Å². The number of aromatic nitrogens is 1. The van der Waals surface area contributed by atoms with Crippen molar-refractivity contribution < 1.29 is 0 Å². The van der Waals surface area contributed by atoms with Gasteiger partial charge in [-0.25, -0.2) is 4.98 Å². The van der Waals surface area contributed by atoms with Crippen LogP contribution in [-0.4, -0.2) is 14.8 Å². The highest BCUT2D eigenvalue weighted by atomic mass is 32.2. The molecule has 2 nitrogen and oxygen atoms in total. The maximum atomic E-state index is 4.77. The zero-order valence-corrected chi connectivity index (χ0v) is 14.1. The van der Waals surface area contributed by atoms with E-state index < -0.39 is 0 Å². The molecule has 1 aromatic carbocycles. The Hall–Kier alpha value is -1.26. The van der Waals surface area contributed by atoms with Crippen molar-refractivity contribution in [2.45, 2.75) is 42.0 Å². The molecule has 21 heavy (non-hydrogen) atoms. The molecular weight excluding hydrogens is 296 g/mol. The topological polar surface area (TPSA) is 25.2 Å². The summed E-state index contributed by atoms with van der Waals surface area (Å²) in [5, 5.41) is 2.08. The number of aliphatic imine (C=N–C) groups is 1. The largest absolute Gasteiger partial charge is 0.271 e. The van der Waals surface area contributed by atoms with Crippen LogP contribution in [0.5, 0.6) is 0 Å². The van der Waals surface area contributed by atoms with E-state index in [1.54, 1.807) is 23.5 Å². The van der Waals surface area contributed by atoms with Crippen molar-refractivity contribution in [2.75, 3.05) is 0 Å². The summed E-state index contributed by atoms with van der Waals surface area (Å²) < 4.78 is 0.166. The lowest BCUT2D eigenvalue weighted by molar-refractivity contribution is 0.799. The first-order valence-corrected chi connectivity index (χ1v) is 8.61. The summed E-state index contributed by atoms with van der Waals surface area (Å²) in [6, 6.07) is 14.6. The highest BCUT2D eigenvalue weighted by Crippen LogP contribution is 2.33. The Labute approximate surface area is 134 Å². The number of hydrogen-bond acceptors (Lipinski definition) is 4. The summed E-state index contributed by atoms with van der Waals surface area (Å²) in [7, 11) is 0. The molecule has 108 valence electrons. The van der Waals surface area contributed by atoms with Crippen LogP contribution in [0, 0.1) is 0 Å². The Bertz CT molecular complexity index is 687. The van der Waals surface area contributed by atoms with Crippen molar-refractivity contribution >= 4 is 28.6 Å². The van der Waals surface area contributed by atoms with Crippen LogP contribution >= 0.6 is 23.5 Å². The zero-order valence-electron chi connectivity index (χ0n) is 12.5. The van der Waals surface area contributed by atoms with Crippen LogP contribution in [0.4, 0.5) is 0 Å². The minimum atomic E-state index is 0.166. The van der Waals surface area contributed by atoms with Crippen molar-refractivity contribution in [1.29, 1.82) is 0 Å². The first-order chi connectivity index (χ1) is 10.0. The zero-order chi connectivity index (χ0) is 14.9. The van der Waals surface area contributed by atoms with Crippen LogP contribution < -0.4 is 0 Å². The summed E-state index contributed by atoms with van der Waals surface area (Å²) in [6.07, 6.45) is 0. The molecule has 3 rings (SSSR count). The van der Waals surface area contributed by atoms with Crippen molar-refractivity contribution in [3.8, 4) is 0 Å². The second-order valence-corrected chi connectivity index (χ2v) is 8.78. The number of thioether (sulfide) groups is 2. The standard InChI is InChI=1S/C17H18N2S2/c1-17(2,3)21-15-10-6-8-13(19-15)16-18-11-12-7-4-5-9-14(12)20-16/h4-10H,11H2,1-3H3. The van der Waals surface area contributed by atoms with Crippen LogP contribution in [-0.2, 0) is 6.54 Å². The second-order valence-electron chi connectivity index (χ2n) is 5.91. The van der Waals surface area contributed by atoms with Gasteiger partial charge in [-0.3, -0.25) is 4.99 Å². The number of rotatable bonds is 2. The van der Waals surface area contributed by atoms with Gasteiger partial charge in [-0.1, -0.05) is 56.8 Å². The van der Waals surface area contributed by atoms with Crippen LogP contribution in [0.2, 0.25) is 0 Å². The Morgan fingerprint density at radius 3 is 2.67 bits per heavy atom. The molecule has 4 heteroatoms. The quantitative estimate of drug-likeness (QED) is 0.727. The molecule has 0 N–H and O–H groups in total. The summed E-state index contributed by atoms with van der Waals surface area (Å²) >= 11 is 3.50. The van der Waals surface area contributed by atoms with E-state index in [0.29, 0.717) is 0 Å². The molecule has 2 aromatic rings. The van der Waals surface area contributed by atoms with E-state index in [4.69, 9.17) is 4.98 Å². The minimum absolute atomic E-state index is 0.166. The van der Waals surface area contributed by atoms with E-state index in [1.165, 1.54) is 10.5 Å². The van der Waals surface area contributed by atoms with E-state index in [9.17, 15) is 0 Å². The Morgan fingerprint density at radius 2 is 1.86 bits per heavy atom. The summed E-state index contributed by atoms with van der Waals surface area (Å²) in [4.78, 5) is 10.7. The SMILES string of the molecule is CC(C)(C)Sc1cccc(C2=NCc3ccccc3S2)n1. The van der Waals surface area contributed by atoms with E-state index in [-0.39, 0.29) is 4.75 Å². The molecule has 0 saturated carbocycles. The highest BCUT2D eigenvalue weighted by molar-refractivity contribution is 8.14. The third-order valence-corrected chi connectivity index (χ3v) is 5.12. The molecular formula is C17H18N2S2. The van der Waals surface area contributed by atoms with Gasteiger partial charge in [-0.2, -0.15) is 0 Å². The van der Waals surface area contributed by atoms with E-state index in [2.05, 4.69) is 62.2 Å². The van der Waals surface area contributed by atoms with Crippen LogP contribution in [0.3, 0.4) is 0 Å². The van der Waals surface area contributed by atoms with Gasteiger partial charge in [-0.15, -0.1) is 11.8 Å². The normalized spacial score (nSPS) is 14.5. The molecule has 1 aliphatic heterocycles. The lowest BCUT2D eigenvalue weighted by Gasteiger charge is -2.18. The van der Waals surface area contributed by atoms with Crippen molar-refractivity contribution in [3.63, 3.8) is 0 Å². The van der Waals surface area contributed by atoms with Gasteiger partial charge in [0, 0.05) is 9.64 Å². The highest BCUT2D eigenvalue weighted by Gasteiger charge is 2.17. The van der Waals surface area contributed by atoms with Crippen LogP contribution in [0.1, 0.15) is 32.0 Å². The Morgan fingerprint density at radius 1 is 1.05 bits per heavy atom. The van der Waals surface area contributed by atoms with Gasteiger partial charge in [0.1, 0.15) is 5.04 Å². The monoisotopic (exact) mass is 314 g/mol. The maximum Gasteiger partial charge on any atom is 0.121 e. The summed E-state index contributed by atoms with van der Waals surface area (Å²) in [5.41, 5.74) is 2.27. The van der Waals surface area contributed by atoms with E-state index in [1.807, 2.05) is 6.07 Å². The molecule has 0 fully saturated rings. The number of pyridine rings is 1. The van der Waals surface area contributed by atoms with Crippen LogP contribution in [0.15, 0.2) is 57.4 Å². The van der Waals surface area contributed by atoms with Gasteiger partial charge in [0.2, 0.25) is 0 Å². The number of hydrogen-bond donors (Lipinski definition) is 0. The minimum Gasteiger partial charge on any atom is -0.271 e. The fourth-order valence-corrected chi connectivity index (χ4v) is 3.95. The molecule has 0 unspecified atom stereocenters. The first-order valence-electron chi connectivity index (χ1n) is 6.98. The predicted molar refractivity (Wildman–Crippen MR) is 92.4 cm³/mol. The van der Waals surface area contributed by atoms with Crippen LogP contribution in [0.25, 0.3) is 0 Å². The second kappa shape index (κ2) is 5.85. The molecule has 0 aliphatic carbocycles. The first kappa shape index (κ1) is 14.7. The molecule has 1 aromatic heterocycles. The third-order valence-electron chi connectivity index (χ3n) is 2.93. The fraction of sp³-hybridized carbons (Fsp3) is 0.294. The number of nitrogens with zero attached hydrogens (tertiary/aromatic N) is 2. The van der Waals surface area contributed by atoms with Gasteiger partial charge in [0.15, 0.2) is 0 Å². The number of benzene rings is 1. The average Bonchev–Trinajstić information content (AvgIpc) is 2.45. The molecule has 0 saturated heterocycles. The average molecular weight is 314 g/mol. The van der Waals surface area contributed by atoms with Crippen molar-refractivity contribution in [2.24, 2.45) is 4.99 Å². The van der Waals surface area contributed by atoms with Gasteiger partial charge < -0.3 is 0 Å². The third kappa shape index (κ3) is 3.69. The molecule has 0 spiro atoms. The predicted octanol–water partition coefficient (Wildman–Crippen LogP) is 5.02. The van der Waals surface area contributed by atoms with Crippen molar-refractivity contribution in [3.05, 3.63) is 53.7 Å². The summed E-state index contributed by atoms with van der Waals surface area (Å²) in [6.45, 7) is 7.36. The summed E-state index contributed by atoms with van der Waals surface area (Å²) in [5.74, 6) is 0. The molecule has 0 radical (unpaired) electrons. The van der Waals surface area contributed by atoms with E-state index >= 15 is 0 Å². The Kier molecular flexibility index (Phi) is 4.09. The maximum absolute atomic E-state index is 4.77. The van der Waals surface area contributed by atoms with Gasteiger partial charge in [-0.05, 0) is 23.8 Å². The lowest BCUT2D eigenvalue weighted by atomic mass is 10.2.